The van der Waals surface area contributed by atoms with Crippen LogP contribution in [0.1, 0.15) is 16.7 Å². The van der Waals surface area contributed by atoms with Gasteiger partial charge in [0.2, 0.25) is 5.91 Å². The molecule has 0 radical (unpaired) electrons. The van der Waals surface area contributed by atoms with Crippen LogP contribution in [-0.2, 0) is 11.2 Å². The summed E-state index contributed by atoms with van der Waals surface area (Å²) in [4.78, 5) is 16.6. The van der Waals surface area contributed by atoms with Crippen molar-refractivity contribution >= 4 is 49.9 Å². The SMILES string of the molecule is Cc1cc2nc(N)sc2c(C)c1NC(=O)Cc1ccc(Cl)cc1. The Kier molecular flexibility index (Phi) is 4.24. The molecule has 0 bridgehead atoms. The Balaban J connectivity index is 1.85. The first-order valence-corrected chi connectivity index (χ1v) is 8.34. The number of nitrogens with two attached hydrogens (primary N) is 1. The van der Waals surface area contributed by atoms with Crippen molar-refractivity contribution in [2.24, 2.45) is 0 Å². The summed E-state index contributed by atoms with van der Waals surface area (Å²) in [5, 5.41) is 4.20. The molecule has 1 aromatic heterocycles. The largest absolute Gasteiger partial charge is 0.375 e. The topological polar surface area (TPSA) is 68.0 Å². The number of hydrogen-bond acceptors (Lipinski definition) is 4. The van der Waals surface area contributed by atoms with Crippen LogP contribution in [0.15, 0.2) is 30.3 Å². The zero-order chi connectivity index (χ0) is 16.6. The average Bonchev–Trinajstić information content (AvgIpc) is 2.86. The molecule has 3 rings (SSSR count). The van der Waals surface area contributed by atoms with Crippen LogP contribution in [0.4, 0.5) is 10.8 Å². The Hall–Kier alpha value is -2.11. The average molecular weight is 346 g/mol. The number of benzene rings is 2. The summed E-state index contributed by atoms with van der Waals surface area (Å²) in [5.41, 5.74) is 10.4. The van der Waals surface area contributed by atoms with Gasteiger partial charge >= 0.3 is 0 Å². The van der Waals surface area contributed by atoms with Gasteiger partial charge in [-0.3, -0.25) is 4.79 Å². The minimum atomic E-state index is -0.0599. The van der Waals surface area contributed by atoms with Gasteiger partial charge in [-0.1, -0.05) is 35.1 Å². The van der Waals surface area contributed by atoms with E-state index in [1.807, 2.05) is 32.0 Å². The Bertz CT molecular complexity index is 887. The molecule has 0 saturated carbocycles. The highest BCUT2D eigenvalue weighted by molar-refractivity contribution is 7.22. The number of carbonyl (C=O) groups is 1. The molecule has 0 aliphatic heterocycles. The van der Waals surface area contributed by atoms with E-state index in [9.17, 15) is 4.79 Å². The van der Waals surface area contributed by atoms with E-state index in [2.05, 4.69) is 10.3 Å². The van der Waals surface area contributed by atoms with Gasteiger partial charge in [-0.15, -0.1) is 0 Å². The normalized spacial score (nSPS) is 10.9. The van der Waals surface area contributed by atoms with Crippen LogP contribution in [0.2, 0.25) is 5.02 Å². The number of nitrogens with zero attached hydrogens (tertiary/aromatic N) is 1. The summed E-state index contributed by atoms with van der Waals surface area (Å²) in [6.45, 7) is 3.94. The number of rotatable bonds is 3. The predicted octanol–water partition coefficient (Wildman–Crippen LogP) is 4.33. The van der Waals surface area contributed by atoms with E-state index in [4.69, 9.17) is 17.3 Å². The van der Waals surface area contributed by atoms with Crippen molar-refractivity contribution in [1.29, 1.82) is 0 Å². The van der Waals surface area contributed by atoms with Crippen molar-refractivity contribution in [3.63, 3.8) is 0 Å². The first-order valence-electron chi connectivity index (χ1n) is 7.14. The summed E-state index contributed by atoms with van der Waals surface area (Å²) in [6, 6.07) is 9.23. The lowest BCUT2D eigenvalue weighted by atomic mass is 10.1. The highest BCUT2D eigenvalue weighted by Gasteiger charge is 2.14. The summed E-state index contributed by atoms with van der Waals surface area (Å²) in [5.74, 6) is -0.0599. The number of nitrogens with one attached hydrogen (secondary N) is 1. The number of thiazole rings is 1. The van der Waals surface area contributed by atoms with Crippen LogP contribution >= 0.6 is 22.9 Å². The van der Waals surface area contributed by atoms with Gasteiger partial charge in [0.15, 0.2) is 5.13 Å². The molecule has 0 spiro atoms. The van der Waals surface area contributed by atoms with Gasteiger partial charge in [-0.05, 0) is 48.7 Å². The molecule has 0 aliphatic carbocycles. The molecule has 0 fully saturated rings. The lowest BCUT2D eigenvalue weighted by Gasteiger charge is -2.12. The second kappa shape index (κ2) is 6.18. The minimum absolute atomic E-state index is 0.0599. The quantitative estimate of drug-likeness (QED) is 0.742. The van der Waals surface area contributed by atoms with Gasteiger partial charge in [0.25, 0.3) is 0 Å². The standard InChI is InChI=1S/C17H16ClN3OS/c1-9-7-13-16(23-17(19)20-13)10(2)15(9)21-14(22)8-11-3-5-12(18)6-4-11/h3-7H,8H2,1-2H3,(H2,19,20)(H,21,22). The van der Waals surface area contributed by atoms with E-state index in [1.54, 1.807) is 12.1 Å². The number of anilines is 2. The highest BCUT2D eigenvalue weighted by Crippen LogP contribution is 2.34. The van der Waals surface area contributed by atoms with E-state index in [1.165, 1.54) is 11.3 Å². The summed E-state index contributed by atoms with van der Waals surface area (Å²) >= 11 is 7.30. The van der Waals surface area contributed by atoms with Crippen molar-refractivity contribution in [2.75, 3.05) is 11.1 Å². The zero-order valence-electron chi connectivity index (χ0n) is 12.8. The summed E-state index contributed by atoms with van der Waals surface area (Å²) in [6.07, 6.45) is 0.304. The molecule has 6 heteroatoms. The van der Waals surface area contributed by atoms with Crippen LogP contribution in [0.3, 0.4) is 0 Å². The number of aromatic nitrogens is 1. The van der Waals surface area contributed by atoms with E-state index >= 15 is 0 Å². The maximum Gasteiger partial charge on any atom is 0.228 e. The molecule has 0 atom stereocenters. The van der Waals surface area contributed by atoms with Gasteiger partial charge in [0.05, 0.1) is 16.6 Å². The third-order valence-electron chi connectivity index (χ3n) is 3.68. The smallest absolute Gasteiger partial charge is 0.228 e. The second-order valence-corrected chi connectivity index (χ2v) is 6.91. The first kappa shape index (κ1) is 15.8. The number of aryl methyl sites for hydroxylation is 2. The van der Waals surface area contributed by atoms with Crippen LogP contribution < -0.4 is 11.1 Å². The number of amides is 1. The first-order chi connectivity index (χ1) is 10.9. The van der Waals surface area contributed by atoms with E-state index in [0.29, 0.717) is 16.6 Å². The molecule has 4 nitrogen and oxygen atoms in total. The van der Waals surface area contributed by atoms with Crippen LogP contribution in [0, 0.1) is 13.8 Å². The van der Waals surface area contributed by atoms with Gasteiger partial charge < -0.3 is 11.1 Å². The Morgan fingerprint density at radius 3 is 2.70 bits per heavy atom. The van der Waals surface area contributed by atoms with Crippen molar-refractivity contribution < 1.29 is 4.79 Å². The Morgan fingerprint density at radius 1 is 1.30 bits per heavy atom. The Labute approximate surface area is 143 Å². The third-order valence-corrected chi connectivity index (χ3v) is 4.95. The molecule has 23 heavy (non-hydrogen) atoms. The Morgan fingerprint density at radius 2 is 2.00 bits per heavy atom. The van der Waals surface area contributed by atoms with Crippen LogP contribution in [-0.4, -0.2) is 10.9 Å². The number of nitrogen functional groups attached to an aromatic ring is 1. The van der Waals surface area contributed by atoms with Gasteiger partial charge in [-0.25, -0.2) is 4.98 Å². The van der Waals surface area contributed by atoms with Crippen molar-refractivity contribution in [1.82, 2.24) is 4.98 Å². The lowest BCUT2D eigenvalue weighted by molar-refractivity contribution is -0.115. The van der Waals surface area contributed by atoms with Crippen molar-refractivity contribution in [3.8, 4) is 0 Å². The molecule has 0 aliphatic rings. The number of carbonyl (C=O) groups excluding carboxylic acids is 1. The van der Waals surface area contributed by atoms with Crippen molar-refractivity contribution in [3.05, 3.63) is 52.0 Å². The fraction of sp³-hybridized carbons (Fsp3) is 0.176. The highest BCUT2D eigenvalue weighted by atomic mass is 35.5. The van der Waals surface area contributed by atoms with Crippen LogP contribution in [0.5, 0.6) is 0 Å². The molecular formula is C17H16ClN3OS. The maximum atomic E-state index is 12.3. The summed E-state index contributed by atoms with van der Waals surface area (Å²) < 4.78 is 1.01. The van der Waals surface area contributed by atoms with E-state index < -0.39 is 0 Å². The van der Waals surface area contributed by atoms with E-state index in [0.717, 1.165) is 32.6 Å². The zero-order valence-corrected chi connectivity index (χ0v) is 14.4. The van der Waals surface area contributed by atoms with Crippen molar-refractivity contribution in [2.45, 2.75) is 20.3 Å². The summed E-state index contributed by atoms with van der Waals surface area (Å²) in [7, 11) is 0. The van der Waals surface area contributed by atoms with Gasteiger partial charge in [0.1, 0.15) is 0 Å². The molecule has 1 heterocycles. The van der Waals surface area contributed by atoms with E-state index in [-0.39, 0.29) is 5.91 Å². The molecule has 1 amide bonds. The second-order valence-electron chi connectivity index (χ2n) is 5.45. The monoisotopic (exact) mass is 345 g/mol. The molecule has 118 valence electrons. The fourth-order valence-corrected chi connectivity index (χ4v) is 3.51. The van der Waals surface area contributed by atoms with Gasteiger partial charge in [0, 0.05) is 10.7 Å². The van der Waals surface area contributed by atoms with Gasteiger partial charge in [-0.2, -0.15) is 0 Å². The third kappa shape index (κ3) is 3.30. The molecule has 0 unspecified atom stereocenters. The molecule has 3 N–H and O–H groups in total. The van der Waals surface area contributed by atoms with Crippen LogP contribution in [0.25, 0.3) is 10.2 Å². The molecule has 3 aromatic rings. The minimum Gasteiger partial charge on any atom is -0.375 e. The number of halogens is 1. The predicted molar refractivity (Wildman–Crippen MR) is 97.3 cm³/mol. The lowest BCUT2D eigenvalue weighted by Crippen LogP contribution is -2.16. The molecule has 2 aromatic carbocycles. The molecular weight excluding hydrogens is 330 g/mol. The maximum absolute atomic E-state index is 12.3. The molecule has 0 saturated heterocycles. The number of fused-ring (bicyclic) bond motifs is 1. The fourth-order valence-electron chi connectivity index (χ4n) is 2.57. The number of hydrogen-bond donors (Lipinski definition) is 2.